The lowest BCUT2D eigenvalue weighted by Gasteiger charge is -2.28. The van der Waals surface area contributed by atoms with E-state index in [1.807, 2.05) is 29.0 Å². The molecule has 5 heteroatoms. The van der Waals surface area contributed by atoms with Crippen molar-refractivity contribution in [3.8, 4) is 0 Å². The third-order valence-electron chi connectivity index (χ3n) is 4.19. The van der Waals surface area contributed by atoms with Gasteiger partial charge in [0.2, 0.25) is 0 Å². The predicted octanol–water partition coefficient (Wildman–Crippen LogP) is 4.08. The van der Waals surface area contributed by atoms with Gasteiger partial charge in [-0.1, -0.05) is 37.1 Å². The standard InChI is InChI=1S/C18H23ClN2O2/c1-2-4-17-12-22-18(23-17,13-21-10-9-20-14-21)8-7-15-5-3-6-16(19)11-15/h3,5-6,9-11,14,17H,2,4,7-8,12-13H2,1H3. The molecule has 0 bridgehead atoms. The molecule has 2 unspecified atom stereocenters. The summed E-state index contributed by atoms with van der Waals surface area (Å²) in [6, 6.07) is 7.98. The maximum Gasteiger partial charge on any atom is 0.187 e. The SMILES string of the molecule is CCCC1COC(CCc2cccc(Cl)c2)(Cn2ccnc2)O1. The summed E-state index contributed by atoms with van der Waals surface area (Å²) in [6.45, 7) is 3.50. The maximum absolute atomic E-state index is 6.31. The van der Waals surface area contributed by atoms with Crippen molar-refractivity contribution in [1.82, 2.24) is 9.55 Å². The molecule has 4 nitrogen and oxygen atoms in total. The first-order valence-electron chi connectivity index (χ1n) is 8.21. The highest BCUT2D eigenvalue weighted by molar-refractivity contribution is 6.30. The van der Waals surface area contributed by atoms with Crippen molar-refractivity contribution in [2.45, 2.75) is 51.0 Å². The number of imidazole rings is 1. The first kappa shape index (κ1) is 16.5. The van der Waals surface area contributed by atoms with Crippen molar-refractivity contribution >= 4 is 11.6 Å². The fourth-order valence-corrected chi connectivity index (χ4v) is 3.27. The Labute approximate surface area is 142 Å². The summed E-state index contributed by atoms with van der Waals surface area (Å²) in [6.07, 6.45) is 9.51. The first-order valence-corrected chi connectivity index (χ1v) is 8.59. The number of nitrogens with zero attached hydrogens (tertiary/aromatic N) is 2. The summed E-state index contributed by atoms with van der Waals surface area (Å²) in [5, 5.41) is 0.767. The smallest absolute Gasteiger partial charge is 0.187 e. The Kier molecular flexibility index (Phi) is 5.36. The quantitative estimate of drug-likeness (QED) is 0.765. The topological polar surface area (TPSA) is 36.3 Å². The van der Waals surface area contributed by atoms with Gasteiger partial charge in [0, 0.05) is 23.8 Å². The van der Waals surface area contributed by atoms with Gasteiger partial charge >= 0.3 is 0 Å². The molecule has 1 aromatic carbocycles. The number of aromatic nitrogens is 2. The van der Waals surface area contributed by atoms with Crippen LogP contribution in [0.1, 0.15) is 31.7 Å². The van der Waals surface area contributed by atoms with Gasteiger partial charge in [0.1, 0.15) is 0 Å². The number of rotatable bonds is 7. The van der Waals surface area contributed by atoms with E-state index < -0.39 is 5.79 Å². The van der Waals surface area contributed by atoms with Crippen molar-refractivity contribution in [2.75, 3.05) is 6.61 Å². The van der Waals surface area contributed by atoms with Crippen LogP contribution in [0.25, 0.3) is 0 Å². The Bertz CT molecular complexity index is 617. The fourth-order valence-electron chi connectivity index (χ4n) is 3.06. The van der Waals surface area contributed by atoms with Crippen molar-refractivity contribution < 1.29 is 9.47 Å². The largest absolute Gasteiger partial charge is 0.345 e. The zero-order chi connectivity index (χ0) is 16.1. The molecule has 0 saturated carbocycles. The molecule has 1 saturated heterocycles. The van der Waals surface area contributed by atoms with Gasteiger partial charge in [-0.3, -0.25) is 0 Å². The number of benzene rings is 1. The zero-order valence-corrected chi connectivity index (χ0v) is 14.2. The van der Waals surface area contributed by atoms with Crippen LogP contribution in [0.2, 0.25) is 5.02 Å². The summed E-state index contributed by atoms with van der Waals surface area (Å²) >= 11 is 6.08. The number of halogens is 1. The van der Waals surface area contributed by atoms with E-state index in [9.17, 15) is 0 Å². The van der Waals surface area contributed by atoms with Crippen LogP contribution in [0.3, 0.4) is 0 Å². The molecule has 0 amide bonds. The van der Waals surface area contributed by atoms with Gasteiger partial charge in [-0.2, -0.15) is 0 Å². The number of hydrogen-bond acceptors (Lipinski definition) is 3. The lowest BCUT2D eigenvalue weighted by atomic mass is 10.0. The summed E-state index contributed by atoms with van der Waals surface area (Å²) in [5.74, 6) is -0.581. The van der Waals surface area contributed by atoms with Crippen LogP contribution in [0.4, 0.5) is 0 Å². The highest BCUT2D eigenvalue weighted by Crippen LogP contribution is 2.32. The van der Waals surface area contributed by atoms with E-state index in [0.29, 0.717) is 13.2 Å². The minimum atomic E-state index is -0.581. The van der Waals surface area contributed by atoms with E-state index in [0.717, 1.165) is 30.7 Å². The molecule has 3 rings (SSSR count). The molecule has 1 aliphatic rings. The van der Waals surface area contributed by atoms with Crippen molar-refractivity contribution in [1.29, 1.82) is 0 Å². The molecular formula is C18H23ClN2O2. The Morgan fingerprint density at radius 2 is 2.35 bits per heavy atom. The van der Waals surface area contributed by atoms with Crippen LogP contribution >= 0.6 is 11.6 Å². The van der Waals surface area contributed by atoms with Crippen LogP contribution in [-0.4, -0.2) is 28.0 Å². The Balaban J connectivity index is 1.70. The van der Waals surface area contributed by atoms with E-state index in [2.05, 4.69) is 18.0 Å². The van der Waals surface area contributed by atoms with Crippen LogP contribution < -0.4 is 0 Å². The predicted molar refractivity (Wildman–Crippen MR) is 90.5 cm³/mol. The van der Waals surface area contributed by atoms with Gasteiger partial charge in [0.15, 0.2) is 5.79 Å². The molecule has 1 fully saturated rings. The summed E-state index contributed by atoms with van der Waals surface area (Å²) < 4.78 is 14.5. The van der Waals surface area contributed by atoms with Gasteiger partial charge in [-0.05, 0) is 30.5 Å². The van der Waals surface area contributed by atoms with Crippen LogP contribution in [0.5, 0.6) is 0 Å². The fraction of sp³-hybridized carbons (Fsp3) is 0.500. The highest BCUT2D eigenvalue weighted by Gasteiger charge is 2.41. The molecule has 0 N–H and O–H groups in total. The number of aryl methyl sites for hydroxylation is 1. The molecule has 124 valence electrons. The third kappa shape index (κ3) is 4.34. The lowest BCUT2D eigenvalue weighted by molar-refractivity contribution is -0.182. The van der Waals surface area contributed by atoms with Gasteiger partial charge in [-0.25, -0.2) is 4.98 Å². The van der Waals surface area contributed by atoms with Gasteiger partial charge < -0.3 is 14.0 Å². The molecule has 23 heavy (non-hydrogen) atoms. The number of ether oxygens (including phenoxy) is 2. The lowest BCUT2D eigenvalue weighted by Crippen LogP contribution is -2.36. The molecule has 1 aliphatic heterocycles. The second-order valence-electron chi connectivity index (χ2n) is 6.12. The summed E-state index contributed by atoms with van der Waals surface area (Å²) in [7, 11) is 0. The summed E-state index contributed by atoms with van der Waals surface area (Å²) in [5.41, 5.74) is 1.20. The van der Waals surface area contributed by atoms with Crippen molar-refractivity contribution in [3.63, 3.8) is 0 Å². The molecule has 2 heterocycles. The molecule has 0 aliphatic carbocycles. The molecule has 1 aromatic heterocycles. The van der Waals surface area contributed by atoms with E-state index in [-0.39, 0.29) is 6.10 Å². The van der Waals surface area contributed by atoms with Crippen LogP contribution in [-0.2, 0) is 22.4 Å². The average molecular weight is 335 g/mol. The van der Waals surface area contributed by atoms with Crippen LogP contribution in [0, 0.1) is 0 Å². The van der Waals surface area contributed by atoms with Crippen molar-refractivity contribution in [2.24, 2.45) is 0 Å². The monoisotopic (exact) mass is 334 g/mol. The molecular weight excluding hydrogens is 312 g/mol. The Morgan fingerprint density at radius 3 is 3.09 bits per heavy atom. The Morgan fingerprint density at radius 1 is 1.43 bits per heavy atom. The van der Waals surface area contributed by atoms with E-state index in [1.165, 1.54) is 5.56 Å². The molecule has 0 radical (unpaired) electrons. The maximum atomic E-state index is 6.31. The normalized spacial score (nSPS) is 24.2. The highest BCUT2D eigenvalue weighted by atomic mass is 35.5. The van der Waals surface area contributed by atoms with E-state index in [1.54, 1.807) is 12.5 Å². The van der Waals surface area contributed by atoms with Gasteiger partial charge in [0.05, 0.1) is 25.6 Å². The second kappa shape index (κ2) is 7.47. The average Bonchev–Trinajstić information content (AvgIpc) is 3.17. The Hall–Kier alpha value is -1.36. The van der Waals surface area contributed by atoms with Crippen molar-refractivity contribution in [3.05, 3.63) is 53.6 Å². The first-order chi connectivity index (χ1) is 11.2. The molecule has 2 atom stereocenters. The van der Waals surface area contributed by atoms with Crippen LogP contribution in [0.15, 0.2) is 43.0 Å². The minimum Gasteiger partial charge on any atom is -0.345 e. The van der Waals surface area contributed by atoms with Gasteiger partial charge in [-0.15, -0.1) is 0 Å². The number of hydrogen-bond donors (Lipinski definition) is 0. The minimum absolute atomic E-state index is 0.183. The molecule has 0 spiro atoms. The van der Waals surface area contributed by atoms with E-state index in [4.69, 9.17) is 21.1 Å². The zero-order valence-electron chi connectivity index (χ0n) is 13.5. The second-order valence-corrected chi connectivity index (χ2v) is 6.55. The van der Waals surface area contributed by atoms with Gasteiger partial charge in [0.25, 0.3) is 0 Å². The molecule has 2 aromatic rings. The van der Waals surface area contributed by atoms with E-state index >= 15 is 0 Å². The summed E-state index contributed by atoms with van der Waals surface area (Å²) in [4.78, 5) is 4.11. The third-order valence-corrected chi connectivity index (χ3v) is 4.43.